The number of rotatable bonds is 3. The van der Waals surface area contributed by atoms with Crippen molar-refractivity contribution < 1.29 is 4.92 Å². The van der Waals surface area contributed by atoms with E-state index in [2.05, 4.69) is 4.98 Å². The average molecular weight is 197 g/mol. The van der Waals surface area contributed by atoms with Gasteiger partial charge in [-0.05, 0) is 6.42 Å². The molecule has 0 aromatic carbocycles. The van der Waals surface area contributed by atoms with E-state index in [0.29, 0.717) is 6.42 Å². The van der Waals surface area contributed by atoms with Gasteiger partial charge in [0.2, 0.25) is 0 Å². The number of nitrogens with one attached hydrogen (secondary N) is 1. The Balaban J connectivity index is 3.21. The Morgan fingerprint density at radius 1 is 1.71 bits per heavy atom. The van der Waals surface area contributed by atoms with Crippen LogP contribution >= 0.6 is 0 Å². The molecule has 0 radical (unpaired) electrons. The van der Waals surface area contributed by atoms with E-state index in [9.17, 15) is 14.9 Å². The highest BCUT2D eigenvalue weighted by Gasteiger charge is 2.13. The van der Waals surface area contributed by atoms with Crippen LogP contribution in [0.3, 0.4) is 0 Å². The summed E-state index contributed by atoms with van der Waals surface area (Å²) in [4.78, 5) is 23.4. The summed E-state index contributed by atoms with van der Waals surface area (Å²) in [6, 6.07) is 0.756. The molecule has 0 aliphatic rings. The van der Waals surface area contributed by atoms with Gasteiger partial charge in [-0.1, -0.05) is 6.92 Å². The van der Waals surface area contributed by atoms with E-state index in [4.69, 9.17) is 5.73 Å². The fraction of sp³-hybridized carbons (Fsp3) is 0.375. The number of aromatic amines is 1. The second kappa shape index (κ2) is 4.01. The van der Waals surface area contributed by atoms with E-state index in [-0.39, 0.29) is 16.8 Å². The lowest BCUT2D eigenvalue weighted by molar-refractivity contribution is -0.385. The molecule has 6 heteroatoms. The fourth-order valence-corrected chi connectivity index (χ4v) is 1.09. The molecular formula is C8H11N3O3. The first-order valence-electron chi connectivity index (χ1n) is 4.18. The molecule has 0 aliphatic heterocycles. The van der Waals surface area contributed by atoms with Gasteiger partial charge in [0.25, 0.3) is 11.2 Å². The summed E-state index contributed by atoms with van der Waals surface area (Å²) in [5.41, 5.74) is 5.35. The molecule has 0 amide bonds. The summed E-state index contributed by atoms with van der Waals surface area (Å²) < 4.78 is 0. The first-order valence-corrected chi connectivity index (χ1v) is 4.18. The minimum atomic E-state index is -0.568. The predicted molar refractivity (Wildman–Crippen MR) is 50.9 cm³/mol. The zero-order valence-corrected chi connectivity index (χ0v) is 7.69. The molecule has 0 fully saturated rings. The van der Waals surface area contributed by atoms with Crippen molar-refractivity contribution >= 4 is 5.69 Å². The third-order valence-corrected chi connectivity index (χ3v) is 1.97. The standard InChI is InChI=1S/C8H11N3O3/c1-2-7(9)6-3-5(11(13)14)4-10-8(6)12/h3-4,7H,2,9H2,1H3,(H,10,12)/t7-/m0/s1. The molecule has 1 atom stereocenters. The van der Waals surface area contributed by atoms with Crippen molar-refractivity contribution in [3.63, 3.8) is 0 Å². The van der Waals surface area contributed by atoms with Crippen LogP contribution in [0.25, 0.3) is 0 Å². The molecule has 1 heterocycles. The van der Waals surface area contributed by atoms with Crippen molar-refractivity contribution in [3.05, 3.63) is 38.3 Å². The van der Waals surface area contributed by atoms with Gasteiger partial charge < -0.3 is 10.7 Å². The molecule has 3 N–H and O–H groups in total. The van der Waals surface area contributed by atoms with Gasteiger partial charge in [-0.15, -0.1) is 0 Å². The Kier molecular flexibility index (Phi) is 2.98. The van der Waals surface area contributed by atoms with Crippen molar-refractivity contribution in [2.24, 2.45) is 5.73 Å². The topological polar surface area (TPSA) is 102 Å². The van der Waals surface area contributed by atoms with Gasteiger partial charge in [0.05, 0.1) is 11.1 Å². The molecule has 0 aliphatic carbocycles. The van der Waals surface area contributed by atoms with Crippen LogP contribution in [-0.4, -0.2) is 9.91 Å². The van der Waals surface area contributed by atoms with Crippen LogP contribution in [0, 0.1) is 10.1 Å². The minimum absolute atomic E-state index is 0.150. The molecule has 1 rings (SSSR count). The highest BCUT2D eigenvalue weighted by atomic mass is 16.6. The van der Waals surface area contributed by atoms with Gasteiger partial charge in [-0.2, -0.15) is 0 Å². The number of nitrogens with zero attached hydrogens (tertiary/aromatic N) is 1. The van der Waals surface area contributed by atoms with E-state index >= 15 is 0 Å². The summed E-state index contributed by atoms with van der Waals surface area (Å²) >= 11 is 0. The molecule has 0 unspecified atom stereocenters. The third-order valence-electron chi connectivity index (χ3n) is 1.97. The molecular weight excluding hydrogens is 186 g/mol. The number of hydrogen-bond acceptors (Lipinski definition) is 4. The average Bonchev–Trinajstić information content (AvgIpc) is 2.17. The quantitative estimate of drug-likeness (QED) is 0.549. The van der Waals surface area contributed by atoms with E-state index < -0.39 is 11.0 Å². The largest absolute Gasteiger partial charge is 0.324 e. The normalized spacial score (nSPS) is 12.4. The van der Waals surface area contributed by atoms with Crippen molar-refractivity contribution in [2.75, 3.05) is 0 Å². The van der Waals surface area contributed by atoms with Gasteiger partial charge in [-0.25, -0.2) is 0 Å². The summed E-state index contributed by atoms with van der Waals surface area (Å²) in [6.45, 7) is 1.81. The highest BCUT2D eigenvalue weighted by Crippen LogP contribution is 2.14. The number of aromatic nitrogens is 1. The van der Waals surface area contributed by atoms with Gasteiger partial charge in [0, 0.05) is 17.7 Å². The number of nitrogens with two attached hydrogens (primary N) is 1. The lowest BCUT2D eigenvalue weighted by Gasteiger charge is -2.06. The summed E-state index contributed by atoms with van der Waals surface area (Å²) in [5, 5.41) is 10.4. The second-order valence-corrected chi connectivity index (χ2v) is 2.91. The van der Waals surface area contributed by atoms with E-state index in [1.807, 2.05) is 6.92 Å². The van der Waals surface area contributed by atoms with Crippen LogP contribution in [-0.2, 0) is 0 Å². The van der Waals surface area contributed by atoms with Gasteiger partial charge in [0.15, 0.2) is 0 Å². The van der Waals surface area contributed by atoms with E-state index in [1.165, 1.54) is 6.07 Å². The molecule has 0 saturated carbocycles. The van der Waals surface area contributed by atoms with Gasteiger partial charge in [0.1, 0.15) is 0 Å². The smallest absolute Gasteiger partial charge is 0.285 e. The zero-order valence-electron chi connectivity index (χ0n) is 7.69. The van der Waals surface area contributed by atoms with Crippen LogP contribution < -0.4 is 11.3 Å². The Hall–Kier alpha value is -1.69. The lowest BCUT2D eigenvalue weighted by atomic mass is 10.1. The first-order chi connectivity index (χ1) is 6.56. The summed E-state index contributed by atoms with van der Waals surface area (Å²) in [6.07, 6.45) is 1.62. The molecule has 76 valence electrons. The van der Waals surface area contributed by atoms with E-state index in [0.717, 1.165) is 6.20 Å². The lowest BCUT2D eigenvalue weighted by Crippen LogP contribution is -2.21. The van der Waals surface area contributed by atoms with Crippen LogP contribution in [0.2, 0.25) is 0 Å². The van der Waals surface area contributed by atoms with Crippen LogP contribution in [0.5, 0.6) is 0 Å². The van der Waals surface area contributed by atoms with E-state index in [1.54, 1.807) is 0 Å². The third kappa shape index (κ3) is 1.97. The Bertz CT molecular complexity index is 399. The zero-order chi connectivity index (χ0) is 10.7. The van der Waals surface area contributed by atoms with Crippen molar-refractivity contribution in [1.82, 2.24) is 4.98 Å². The Morgan fingerprint density at radius 2 is 2.36 bits per heavy atom. The summed E-state index contributed by atoms with van der Waals surface area (Å²) in [7, 11) is 0. The molecule has 1 aromatic rings. The number of pyridine rings is 1. The monoisotopic (exact) mass is 197 g/mol. The number of nitro groups is 1. The minimum Gasteiger partial charge on any atom is -0.324 e. The Morgan fingerprint density at radius 3 is 2.86 bits per heavy atom. The molecule has 1 aromatic heterocycles. The fourth-order valence-electron chi connectivity index (χ4n) is 1.09. The maximum absolute atomic E-state index is 11.2. The maximum Gasteiger partial charge on any atom is 0.285 e. The van der Waals surface area contributed by atoms with Crippen LogP contribution in [0.1, 0.15) is 24.9 Å². The SMILES string of the molecule is CC[C@H](N)c1cc([N+](=O)[O-])c[nH]c1=O. The molecule has 6 nitrogen and oxygen atoms in total. The Labute approximate surface area is 79.9 Å². The molecule has 0 bridgehead atoms. The van der Waals surface area contributed by atoms with Crippen LogP contribution in [0.4, 0.5) is 5.69 Å². The molecule has 0 spiro atoms. The molecule has 14 heavy (non-hydrogen) atoms. The number of hydrogen-bond donors (Lipinski definition) is 2. The highest BCUT2D eigenvalue weighted by molar-refractivity contribution is 5.31. The van der Waals surface area contributed by atoms with Crippen molar-refractivity contribution in [1.29, 1.82) is 0 Å². The molecule has 0 saturated heterocycles. The second-order valence-electron chi connectivity index (χ2n) is 2.91. The maximum atomic E-state index is 11.2. The predicted octanol–water partition coefficient (Wildman–Crippen LogP) is 0.693. The van der Waals surface area contributed by atoms with Gasteiger partial charge in [-0.3, -0.25) is 14.9 Å². The first kappa shape index (κ1) is 10.4. The van der Waals surface area contributed by atoms with Gasteiger partial charge >= 0.3 is 0 Å². The number of H-pyrrole nitrogens is 1. The summed E-state index contributed by atoms with van der Waals surface area (Å²) in [5.74, 6) is 0. The van der Waals surface area contributed by atoms with Crippen molar-refractivity contribution in [3.8, 4) is 0 Å². The van der Waals surface area contributed by atoms with Crippen molar-refractivity contribution in [2.45, 2.75) is 19.4 Å². The van der Waals surface area contributed by atoms with Crippen LogP contribution in [0.15, 0.2) is 17.1 Å².